The molecule has 0 aromatic heterocycles. The molecule has 3 heteroatoms. The molecule has 2 nitrogen and oxygen atoms in total. The first-order valence-corrected chi connectivity index (χ1v) is 6.32. The Morgan fingerprint density at radius 1 is 1.16 bits per heavy atom. The third-order valence-electron chi connectivity index (χ3n) is 3.12. The minimum absolute atomic E-state index is 0.186. The summed E-state index contributed by atoms with van der Waals surface area (Å²) in [5.74, 6) is 0.898. The lowest BCUT2D eigenvalue weighted by molar-refractivity contribution is 0.415. The molecule has 1 N–H and O–H groups in total. The smallest absolute Gasteiger partial charge is 0.123 e. The van der Waals surface area contributed by atoms with Crippen molar-refractivity contribution in [1.82, 2.24) is 0 Å². The first-order valence-electron chi connectivity index (χ1n) is 6.32. The van der Waals surface area contributed by atoms with Gasteiger partial charge in [-0.1, -0.05) is 19.1 Å². The van der Waals surface area contributed by atoms with E-state index in [1.807, 2.05) is 30.3 Å². The second-order valence-corrected chi connectivity index (χ2v) is 4.57. The van der Waals surface area contributed by atoms with E-state index >= 15 is 0 Å². The number of hydrogen-bond donors (Lipinski definition) is 1. The lowest BCUT2D eigenvalue weighted by atomic mass is 10.0. The van der Waals surface area contributed by atoms with Crippen LogP contribution in [0, 0.1) is 5.82 Å². The van der Waals surface area contributed by atoms with Gasteiger partial charge in [-0.25, -0.2) is 4.39 Å². The fourth-order valence-electron chi connectivity index (χ4n) is 1.91. The van der Waals surface area contributed by atoms with Crippen molar-refractivity contribution in [2.45, 2.75) is 12.8 Å². The van der Waals surface area contributed by atoms with Gasteiger partial charge >= 0.3 is 0 Å². The van der Waals surface area contributed by atoms with Gasteiger partial charge in [0.15, 0.2) is 0 Å². The summed E-state index contributed by atoms with van der Waals surface area (Å²) in [7, 11) is 1.65. The molecule has 0 fully saturated rings. The maximum atomic E-state index is 13.1. The molecule has 0 saturated heterocycles. The number of hydrogen-bond acceptors (Lipinski definition) is 2. The Hall–Kier alpha value is -2.03. The van der Waals surface area contributed by atoms with Crippen LogP contribution < -0.4 is 10.1 Å². The molecule has 2 aromatic rings. The maximum absolute atomic E-state index is 13.1. The first-order chi connectivity index (χ1) is 9.19. The highest BCUT2D eigenvalue weighted by atomic mass is 19.1. The molecule has 0 radical (unpaired) electrons. The van der Waals surface area contributed by atoms with Crippen molar-refractivity contribution in [2.24, 2.45) is 0 Å². The summed E-state index contributed by atoms with van der Waals surface area (Å²) in [6.07, 6.45) is 0. The van der Waals surface area contributed by atoms with Gasteiger partial charge in [-0.2, -0.15) is 0 Å². The van der Waals surface area contributed by atoms with E-state index in [0.29, 0.717) is 0 Å². The molecule has 0 heterocycles. The van der Waals surface area contributed by atoms with E-state index in [1.54, 1.807) is 19.2 Å². The van der Waals surface area contributed by atoms with Crippen molar-refractivity contribution in [1.29, 1.82) is 0 Å². The van der Waals surface area contributed by atoms with Gasteiger partial charge in [0.2, 0.25) is 0 Å². The summed E-state index contributed by atoms with van der Waals surface area (Å²) in [4.78, 5) is 0. The van der Waals surface area contributed by atoms with Crippen LogP contribution in [0.25, 0.3) is 0 Å². The van der Waals surface area contributed by atoms with Gasteiger partial charge in [0.1, 0.15) is 11.6 Å². The molecule has 0 unspecified atom stereocenters. The van der Waals surface area contributed by atoms with Gasteiger partial charge in [0.25, 0.3) is 0 Å². The predicted octanol–water partition coefficient (Wildman–Crippen LogP) is 4.05. The summed E-state index contributed by atoms with van der Waals surface area (Å²) in [5.41, 5.74) is 2.03. The fraction of sp³-hybridized carbons (Fsp3) is 0.250. The number of rotatable bonds is 5. The second-order valence-electron chi connectivity index (χ2n) is 4.57. The molecule has 2 aromatic carbocycles. The summed E-state index contributed by atoms with van der Waals surface area (Å²) in [5, 5.41) is 3.34. The van der Waals surface area contributed by atoms with Crippen LogP contribution in [-0.2, 0) is 0 Å². The molecule has 0 aliphatic rings. The Morgan fingerprint density at radius 3 is 2.53 bits per heavy atom. The average Bonchev–Trinajstić information content (AvgIpc) is 2.45. The summed E-state index contributed by atoms with van der Waals surface area (Å²) in [6, 6.07) is 14.5. The number of benzene rings is 2. The van der Waals surface area contributed by atoms with E-state index in [-0.39, 0.29) is 11.7 Å². The van der Waals surface area contributed by atoms with Crippen molar-refractivity contribution in [2.75, 3.05) is 19.0 Å². The molecule has 0 saturated carbocycles. The molecule has 1 atom stereocenters. The highest BCUT2D eigenvalue weighted by Gasteiger charge is 2.06. The van der Waals surface area contributed by atoms with E-state index in [1.165, 1.54) is 6.07 Å². The molecular formula is C16H18FNO. The van der Waals surface area contributed by atoms with E-state index in [9.17, 15) is 4.39 Å². The summed E-state index contributed by atoms with van der Waals surface area (Å²) < 4.78 is 18.2. The molecule has 0 amide bonds. The third-order valence-corrected chi connectivity index (χ3v) is 3.12. The van der Waals surface area contributed by atoms with Crippen LogP contribution in [0.5, 0.6) is 5.75 Å². The van der Waals surface area contributed by atoms with Crippen LogP contribution in [0.1, 0.15) is 18.4 Å². The zero-order valence-electron chi connectivity index (χ0n) is 11.2. The quantitative estimate of drug-likeness (QED) is 0.874. The molecular weight excluding hydrogens is 241 g/mol. The molecule has 0 spiro atoms. The minimum atomic E-state index is -0.186. The number of nitrogens with one attached hydrogen (secondary N) is 1. The summed E-state index contributed by atoms with van der Waals surface area (Å²) >= 11 is 0. The van der Waals surface area contributed by atoms with Crippen LogP contribution in [0.3, 0.4) is 0 Å². The zero-order valence-corrected chi connectivity index (χ0v) is 11.2. The van der Waals surface area contributed by atoms with Gasteiger partial charge in [0, 0.05) is 12.2 Å². The number of halogens is 1. The Balaban J connectivity index is 1.94. The molecule has 0 aliphatic carbocycles. The second kappa shape index (κ2) is 6.23. The maximum Gasteiger partial charge on any atom is 0.123 e. The molecule has 100 valence electrons. The highest BCUT2D eigenvalue weighted by Crippen LogP contribution is 2.19. The Morgan fingerprint density at radius 2 is 1.89 bits per heavy atom. The Bertz CT molecular complexity index is 525. The van der Waals surface area contributed by atoms with Crippen molar-refractivity contribution in [3.05, 3.63) is 59.9 Å². The van der Waals surface area contributed by atoms with Crippen LogP contribution >= 0.6 is 0 Å². The van der Waals surface area contributed by atoms with Crippen molar-refractivity contribution >= 4 is 5.69 Å². The van der Waals surface area contributed by atoms with Crippen LogP contribution in [0.15, 0.2) is 48.5 Å². The number of anilines is 1. The minimum Gasteiger partial charge on any atom is -0.497 e. The van der Waals surface area contributed by atoms with Crippen molar-refractivity contribution in [3.8, 4) is 5.75 Å². The molecule has 0 bridgehead atoms. The molecule has 2 rings (SSSR count). The first kappa shape index (κ1) is 13.4. The SMILES string of the molecule is COc1ccc(NC[C@@H](C)c2cccc(F)c2)cc1. The van der Waals surface area contributed by atoms with Crippen LogP contribution in [0.2, 0.25) is 0 Å². The number of ether oxygens (including phenoxy) is 1. The summed E-state index contributed by atoms with van der Waals surface area (Å²) in [6.45, 7) is 2.83. The average molecular weight is 259 g/mol. The standard InChI is InChI=1S/C16H18FNO/c1-12(13-4-3-5-14(17)10-13)11-18-15-6-8-16(19-2)9-7-15/h3-10,12,18H,11H2,1-2H3/t12-/m1/s1. The van der Waals surface area contributed by atoms with E-state index in [4.69, 9.17) is 4.74 Å². The van der Waals surface area contributed by atoms with E-state index < -0.39 is 0 Å². The van der Waals surface area contributed by atoms with E-state index in [2.05, 4.69) is 12.2 Å². The van der Waals surface area contributed by atoms with Crippen molar-refractivity contribution in [3.63, 3.8) is 0 Å². The largest absolute Gasteiger partial charge is 0.497 e. The normalized spacial score (nSPS) is 11.9. The Kier molecular flexibility index (Phi) is 4.39. The third kappa shape index (κ3) is 3.71. The van der Waals surface area contributed by atoms with E-state index in [0.717, 1.165) is 23.5 Å². The highest BCUT2D eigenvalue weighted by molar-refractivity contribution is 5.46. The Labute approximate surface area is 113 Å². The van der Waals surface area contributed by atoms with Gasteiger partial charge in [-0.05, 0) is 47.9 Å². The molecule has 19 heavy (non-hydrogen) atoms. The van der Waals surface area contributed by atoms with Crippen molar-refractivity contribution < 1.29 is 9.13 Å². The number of methoxy groups -OCH3 is 1. The fourth-order valence-corrected chi connectivity index (χ4v) is 1.91. The topological polar surface area (TPSA) is 21.3 Å². The van der Waals surface area contributed by atoms with Gasteiger partial charge in [-0.15, -0.1) is 0 Å². The molecule has 0 aliphatic heterocycles. The van der Waals surface area contributed by atoms with Gasteiger partial charge < -0.3 is 10.1 Å². The lowest BCUT2D eigenvalue weighted by Crippen LogP contribution is -2.09. The lowest BCUT2D eigenvalue weighted by Gasteiger charge is -2.14. The zero-order chi connectivity index (χ0) is 13.7. The van der Waals surface area contributed by atoms with Crippen LogP contribution in [-0.4, -0.2) is 13.7 Å². The van der Waals surface area contributed by atoms with Crippen LogP contribution in [0.4, 0.5) is 10.1 Å². The predicted molar refractivity (Wildman–Crippen MR) is 76.3 cm³/mol. The monoisotopic (exact) mass is 259 g/mol. The van der Waals surface area contributed by atoms with Gasteiger partial charge in [-0.3, -0.25) is 0 Å². The van der Waals surface area contributed by atoms with Gasteiger partial charge in [0.05, 0.1) is 7.11 Å².